The molecule has 2 heteroatoms. The third-order valence-corrected chi connectivity index (χ3v) is 2.59. The van der Waals surface area contributed by atoms with Crippen molar-refractivity contribution in [3.63, 3.8) is 0 Å². The summed E-state index contributed by atoms with van der Waals surface area (Å²) in [5.41, 5.74) is 1.41. The molecule has 0 spiro atoms. The van der Waals surface area contributed by atoms with Crippen LogP contribution < -0.4 is 5.32 Å². The Hall–Kier alpha value is -0.0900. The van der Waals surface area contributed by atoms with Crippen LogP contribution in [-0.4, -0.2) is 13.1 Å². The van der Waals surface area contributed by atoms with E-state index in [0.29, 0.717) is 6.04 Å². The van der Waals surface area contributed by atoms with Gasteiger partial charge in [-0.2, -0.15) is 0 Å². The van der Waals surface area contributed by atoms with Crippen molar-refractivity contribution < 1.29 is 0 Å². The average Bonchev–Trinajstić information content (AvgIpc) is 2.04. The second kappa shape index (κ2) is 4.82. The van der Waals surface area contributed by atoms with Crippen molar-refractivity contribution in [2.45, 2.75) is 19.4 Å². The topological polar surface area (TPSA) is 12.0 Å². The number of rotatable bonds is 3. The molecule has 0 saturated carbocycles. The zero-order valence-corrected chi connectivity index (χ0v) is 9.63. The molecule has 0 aliphatic carbocycles. The summed E-state index contributed by atoms with van der Waals surface area (Å²) in [6.45, 7) is 2.19. The minimum absolute atomic E-state index is 0.559. The van der Waals surface area contributed by atoms with Crippen molar-refractivity contribution in [2.75, 3.05) is 7.05 Å². The predicted molar refractivity (Wildman–Crippen MR) is 61.4 cm³/mol. The van der Waals surface area contributed by atoms with Crippen LogP contribution in [0.5, 0.6) is 0 Å². The van der Waals surface area contributed by atoms with Crippen molar-refractivity contribution in [3.8, 4) is 0 Å². The molecule has 1 atom stereocenters. The van der Waals surface area contributed by atoms with Gasteiger partial charge in [-0.15, -0.1) is 0 Å². The summed E-state index contributed by atoms with van der Waals surface area (Å²) in [6.07, 6.45) is 1.10. The number of likely N-dealkylation sites (N-methyl/N-ethyl adjacent to an activating group) is 1. The van der Waals surface area contributed by atoms with Crippen molar-refractivity contribution >= 4 is 22.6 Å². The number of halogens is 1. The lowest BCUT2D eigenvalue weighted by Crippen LogP contribution is -2.23. The fraction of sp³-hybridized carbons (Fsp3) is 0.400. The Balaban J connectivity index is 2.63. The molecule has 0 heterocycles. The lowest BCUT2D eigenvalue weighted by atomic mass is 10.1. The molecule has 0 fully saturated rings. The molecule has 0 radical (unpaired) electrons. The molecular weight excluding hydrogens is 261 g/mol. The lowest BCUT2D eigenvalue weighted by Gasteiger charge is -2.09. The minimum atomic E-state index is 0.559. The highest BCUT2D eigenvalue weighted by Crippen LogP contribution is 2.09. The third-order valence-electron chi connectivity index (χ3n) is 1.92. The highest BCUT2D eigenvalue weighted by molar-refractivity contribution is 14.1. The van der Waals surface area contributed by atoms with Crippen molar-refractivity contribution in [1.29, 1.82) is 0 Å². The highest BCUT2D eigenvalue weighted by atomic mass is 127. The Morgan fingerprint density at radius 3 is 2.83 bits per heavy atom. The second-order valence-electron chi connectivity index (χ2n) is 3.02. The van der Waals surface area contributed by atoms with Crippen molar-refractivity contribution in [3.05, 3.63) is 33.4 Å². The van der Waals surface area contributed by atoms with Gasteiger partial charge in [-0.05, 0) is 60.7 Å². The monoisotopic (exact) mass is 275 g/mol. The van der Waals surface area contributed by atoms with Crippen LogP contribution in [0, 0.1) is 3.57 Å². The maximum Gasteiger partial charge on any atom is 0.0133 e. The molecule has 1 nitrogen and oxygen atoms in total. The molecule has 0 amide bonds. The zero-order valence-electron chi connectivity index (χ0n) is 7.47. The molecule has 0 unspecified atom stereocenters. The van der Waals surface area contributed by atoms with E-state index < -0.39 is 0 Å². The first kappa shape index (κ1) is 9.99. The third kappa shape index (κ3) is 3.11. The van der Waals surface area contributed by atoms with Crippen LogP contribution in [-0.2, 0) is 6.42 Å². The van der Waals surface area contributed by atoms with Gasteiger partial charge in [-0.25, -0.2) is 0 Å². The van der Waals surface area contributed by atoms with Crippen LogP contribution in [0.15, 0.2) is 24.3 Å². The molecule has 0 saturated heterocycles. The Bertz CT molecular complexity index is 247. The molecule has 0 aromatic heterocycles. The summed E-state index contributed by atoms with van der Waals surface area (Å²) in [5, 5.41) is 3.23. The van der Waals surface area contributed by atoms with Crippen molar-refractivity contribution in [1.82, 2.24) is 5.32 Å². The smallest absolute Gasteiger partial charge is 0.0133 e. The van der Waals surface area contributed by atoms with Crippen LogP contribution in [0.2, 0.25) is 0 Å². The van der Waals surface area contributed by atoms with E-state index in [2.05, 4.69) is 59.1 Å². The first-order chi connectivity index (χ1) is 5.72. The molecule has 1 rings (SSSR count). The van der Waals surface area contributed by atoms with E-state index in [1.165, 1.54) is 9.13 Å². The molecule has 0 aliphatic heterocycles. The van der Waals surface area contributed by atoms with E-state index in [0.717, 1.165) is 6.42 Å². The Morgan fingerprint density at radius 1 is 1.50 bits per heavy atom. The summed E-state index contributed by atoms with van der Waals surface area (Å²) in [4.78, 5) is 0. The second-order valence-corrected chi connectivity index (χ2v) is 4.27. The van der Waals surface area contributed by atoms with Gasteiger partial charge >= 0.3 is 0 Å². The summed E-state index contributed by atoms with van der Waals surface area (Å²) in [7, 11) is 2.00. The first-order valence-corrected chi connectivity index (χ1v) is 5.22. The largest absolute Gasteiger partial charge is 0.317 e. The Kier molecular flexibility index (Phi) is 4.01. The van der Waals surface area contributed by atoms with E-state index >= 15 is 0 Å². The summed E-state index contributed by atoms with van der Waals surface area (Å²) in [5.74, 6) is 0. The summed E-state index contributed by atoms with van der Waals surface area (Å²) >= 11 is 2.34. The van der Waals surface area contributed by atoms with Gasteiger partial charge in [-0.3, -0.25) is 0 Å². The zero-order chi connectivity index (χ0) is 8.97. The minimum Gasteiger partial charge on any atom is -0.317 e. The molecule has 1 N–H and O–H groups in total. The Morgan fingerprint density at radius 2 is 2.25 bits per heavy atom. The fourth-order valence-electron chi connectivity index (χ4n) is 1.12. The van der Waals surface area contributed by atoms with Crippen LogP contribution in [0.3, 0.4) is 0 Å². The van der Waals surface area contributed by atoms with Gasteiger partial charge < -0.3 is 5.32 Å². The summed E-state index contributed by atoms with van der Waals surface area (Å²) < 4.78 is 1.31. The van der Waals surface area contributed by atoms with E-state index in [-0.39, 0.29) is 0 Å². The van der Waals surface area contributed by atoms with Crippen LogP contribution in [0.25, 0.3) is 0 Å². The number of nitrogens with one attached hydrogen (secondary N) is 1. The van der Waals surface area contributed by atoms with Gasteiger partial charge in [0.05, 0.1) is 0 Å². The number of hydrogen-bond acceptors (Lipinski definition) is 1. The molecular formula is C10H14IN. The van der Waals surface area contributed by atoms with Crippen LogP contribution in [0.4, 0.5) is 0 Å². The van der Waals surface area contributed by atoms with E-state index in [1.54, 1.807) is 0 Å². The molecule has 0 aliphatic rings. The average molecular weight is 275 g/mol. The lowest BCUT2D eigenvalue weighted by molar-refractivity contribution is 0.608. The molecule has 66 valence electrons. The van der Waals surface area contributed by atoms with Crippen LogP contribution >= 0.6 is 22.6 Å². The highest BCUT2D eigenvalue weighted by Gasteiger charge is 1.99. The van der Waals surface area contributed by atoms with Gasteiger partial charge in [0.25, 0.3) is 0 Å². The molecule has 1 aromatic rings. The summed E-state index contributed by atoms with van der Waals surface area (Å²) in [6, 6.07) is 9.20. The maximum absolute atomic E-state index is 3.23. The SMILES string of the molecule is CN[C@@H](C)Cc1cccc(I)c1. The van der Waals surface area contributed by atoms with Gasteiger partial charge in [0.2, 0.25) is 0 Å². The van der Waals surface area contributed by atoms with Gasteiger partial charge in [0.1, 0.15) is 0 Å². The fourth-order valence-corrected chi connectivity index (χ4v) is 1.73. The first-order valence-electron chi connectivity index (χ1n) is 4.14. The van der Waals surface area contributed by atoms with E-state index in [4.69, 9.17) is 0 Å². The quantitative estimate of drug-likeness (QED) is 0.835. The van der Waals surface area contributed by atoms with Crippen molar-refractivity contribution in [2.24, 2.45) is 0 Å². The maximum atomic E-state index is 3.23. The molecule has 12 heavy (non-hydrogen) atoms. The molecule has 0 bridgehead atoms. The van der Waals surface area contributed by atoms with Crippen LogP contribution in [0.1, 0.15) is 12.5 Å². The van der Waals surface area contributed by atoms with Gasteiger partial charge in [-0.1, -0.05) is 12.1 Å². The van der Waals surface area contributed by atoms with Gasteiger partial charge in [0.15, 0.2) is 0 Å². The van der Waals surface area contributed by atoms with E-state index in [9.17, 15) is 0 Å². The number of hydrogen-bond donors (Lipinski definition) is 1. The molecule has 1 aromatic carbocycles. The van der Waals surface area contributed by atoms with E-state index in [1.807, 2.05) is 7.05 Å². The standard InChI is InChI=1S/C10H14IN/c1-8(12-2)6-9-4-3-5-10(11)7-9/h3-5,7-8,12H,6H2,1-2H3/t8-/m0/s1. The predicted octanol–water partition coefficient (Wildman–Crippen LogP) is 2.44. The normalized spacial score (nSPS) is 12.9. The Labute approximate surface area is 87.7 Å². The number of benzene rings is 1. The van der Waals surface area contributed by atoms with Gasteiger partial charge in [0, 0.05) is 9.61 Å².